The Balaban J connectivity index is 1.38. The standard InChI is InChI=1S/C40H37NO6/c1-26(25-35(43)38-39(47-28(3)42)36(45-4)23-24-41-38)40(44)46-27(2)37(33-19-15-31(16-20-33)29-11-7-5-8-12-29)34-21-17-32(18-22-34)30-13-9-6-10-14-30/h5-24,26-27,37H,25H2,1-4H3/t26-,27+/m1/s1. The highest BCUT2D eigenvalue weighted by Gasteiger charge is 2.29. The normalized spacial score (nSPS) is 12.2. The second kappa shape index (κ2) is 15.1. The van der Waals surface area contributed by atoms with E-state index in [-0.39, 0.29) is 29.5 Å². The largest absolute Gasteiger partial charge is 0.493 e. The number of benzene rings is 4. The van der Waals surface area contributed by atoms with Crippen molar-refractivity contribution >= 4 is 17.7 Å². The van der Waals surface area contributed by atoms with Gasteiger partial charge >= 0.3 is 11.9 Å². The van der Waals surface area contributed by atoms with Crippen molar-refractivity contribution < 1.29 is 28.6 Å². The van der Waals surface area contributed by atoms with Crippen molar-refractivity contribution in [3.63, 3.8) is 0 Å². The van der Waals surface area contributed by atoms with Crippen LogP contribution in [0.5, 0.6) is 11.5 Å². The number of hydrogen-bond donors (Lipinski definition) is 0. The molecule has 47 heavy (non-hydrogen) atoms. The average molecular weight is 628 g/mol. The van der Waals surface area contributed by atoms with Crippen molar-refractivity contribution in [2.75, 3.05) is 7.11 Å². The van der Waals surface area contributed by atoms with Crippen LogP contribution in [0.25, 0.3) is 22.3 Å². The molecule has 0 saturated heterocycles. The maximum atomic E-state index is 13.4. The number of carbonyl (C=O) groups is 3. The smallest absolute Gasteiger partial charge is 0.309 e. The van der Waals surface area contributed by atoms with Crippen molar-refractivity contribution in [2.24, 2.45) is 5.92 Å². The van der Waals surface area contributed by atoms with Gasteiger partial charge in [0.25, 0.3) is 0 Å². The summed E-state index contributed by atoms with van der Waals surface area (Å²) in [6, 6.07) is 38.4. The Morgan fingerprint density at radius 3 is 1.64 bits per heavy atom. The predicted octanol–water partition coefficient (Wildman–Crippen LogP) is 8.32. The van der Waals surface area contributed by atoms with Crippen LogP contribution in [0.1, 0.15) is 54.7 Å². The van der Waals surface area contributed by atoms with Crippen molar-refractivity contribution in [3.05, 3.63) is 138 Å². The van der Waals surface area contributed by atoms with E-state index >= 15 is 0 Å². The van der Waals surface area contributed by atoms with Gasteiger partial charge in [-0.25, -0.2) is 4.98 Å². The molecule has 0 aliphatic heterocycles. The Morgan fingerprint density at radius 1 is 0.681 bits per heavy atom. The lowest BCUT2D eigenvalue weighted by Crippen LogP contribution is -2.28. The fourth-order valence-corrected chi connectivity index (χ4v) is 5.62. The summed E-state index contributed by atoms with van der Waals surface area (Å²) >= 11 is 0. The number of aromatic nitrogens is 1. The van der Waals surface area contributed by atoms with E-state index in [2.05, 4.69) is 77.8 Å². The fraction of sp³-hybridized carbons (Fsp3) is 0.200. The lowest BCUT2D eigenvalue weighted by molar-refractivity contribution is -0.153. The van der Waals surface area contributed by atoms with E-state index in [1.54, 1.807) is 6.92 Å². The van der Waals surface area contributed by atoms with Gasteiger partial charge in [-0.2, -0.15) is 0 Å². The van der Waals surface area contributed by atoms with Crippen LogP contribution in [-0.2, 0) is 14.3 Å². The minimum Gasteiger partial charge on any atom is -0.493 e. The fourth-order valence-electron chi connectivity index (χ4n) is 5.62. The molecule has 0 N–H and O–H groups in total. The molecule has 0 unspecified atom stereocenters. The summed E-state index contributed by atoms with van der Waals surface area (Å²) in [5.74, 6) is -2.54. The number of carbonyl (C=O) groups excluding carboxylic acids is 3. The summed E-state index contributed by atoms with van der Waals surface area (Å²) in [6.07, 6.45) is 0.639. The van der Waals surface area contributed by atoms with Gasteiger partial charge in [0, 0.05) is 31.5 Å². The van der Waals surface area contributed by atoms with E-state index in [4.69, 9.17) is 14.2 Å². The molecule has 1 aromatic heterocycles. The van der Waals surface area contributed by atoms with E-state index in [9.17, 15) is 14.4 Å². The molecule has 0 bridgehead atoms. The number of nitrogens with zero attached hydrogens (tertiary/aromatic N) is 1. The van der Waals surface area contributed by atoms with Gasteiger partial charge in [-0.05, 0) is 40.3 Å². The second-order valence-electron chi connectivity index (χ2n) is 11.4. The van der Waals surface area contributed by atoms with Crippen LogP contribution in [0, 0.1) is 5.92 Å². The number of pyridine rings is 1. The molecule has 5 aromatic rings. The lowest BCUT2D eigenvalue weighted by atomic mass is 9.85. The maximum Gasteiger partial charge on any atom is 0.309 e. The first-order valence-electron chi connectivity index (χ1n) is 15.5. The van der Waals surface area contributed by atoms with Gasteiger partial charge in [-0.15, -0.1) is 0 Å². The molecule has 4 aromatic carbocycles. The topological polar surface area (TPSA) is 91.8 Å². The van der Waals surface area contributed by atoms with Crippen LogP contribution in [0.3, 0.4) is 0 Å². The average Bonchev–Trinajstić information content (AvgIpc) is 3.09. The van der Waals surface area contributed by atoms with E-state index in [0.29, 0.717) is 0 Å². The highest BCUT2D eigenvalue weighted by atomic mass is 16.6. The Bertz CT molecular complexity index is 1740. The molecule has 238 valence electrons. The SMILES string of the molecule is COc1ccnc(C(=O)C[C@@H](C)C(=O)O[C@@H](C)C(c2ccc(-c3ccccc3)cc2)c2ccc(-c3ccccc3)cc2)c1OC(C)=O. The van der Waals surface area contributed by atoms with Gasteiger partial charge in [0.05, 0.1) is 13.0 Å². The Morgan fingerprint density at radius 2 is 1.17 bits per heavy atom. The number of ketones is 1. The molecular weight excluding hydrogens is 590 g/mol. The summed E-state index contributed by atoms with van der Waals surface area (Å²) in [5, 5.41) is 0. The minimum atomic E-state index is -0.787. The van der Waals surface area contributed by atoms with Gasteiger partial charge in [0.15, 0.2) is 17.2 Å². The van der Waals surface area contributed by atoms with Crippen LogP contribution < -0.4 is 9.47 Å². The number of hydrogen-bond acceptors (Lipinski definition) is 7. The molecule has 0 aliphatic carbocycles. The van der Waals surface area contributed by atoms with Gasteiger partial charge in [-0.1, -0.05) is 116 Å². The molecule has 0 radical (unpaired) electrons. The molecule has 0 aliphatic rings. The third kappa shape index (κ3) is 8.00. The van der Waals surface area contributed by atoms with Crippen molar-refractivity contribution in [1.29, 1.82) is 0 Å². The molecule has 1 heterocycles. The zero-order chi connectivity index (χ0) is 33.3. The molecule has 0 amide bonds. The number of methoxy groups -OCH3 is 1. The highest BCUT2D eigenvalue weighted by molar-refractivity contribution is 6.00. The van der Waals surface area contributed by atoms with E-state index < -0.39 is 29.7 Å². The Labute approximate surface area is 275 Å². The van der Waals surface area contributed by atoms with Gasteiger partial charge in [0.2, 0.25) is 5.75 Å². The van der Waals surface area contributed by atoms with Crippen LogP contribution in [-0.4, -0.2) is 35.9 Å². The highest BCUT2D eigenvalue weighted by Crippen LogP contribution is 2.34. The molecule has 7 heteroatoms. The van der Waals surface area contributed by atoms with Crippen molar-refractivity contribution in [2.45, 2.75) is 39.2 Å². The third-order valence-corrected chi connectivity index (χ3v) is 8.02. The van der Waals surface area contributed by atoms with Crippen LogP contribution in [0.15, 0.2) is 121 Å². The second-order valence-corrected chi connectivity index (χ2v) is 11.4. The summed E-state index contributed by atoms with van der Waals surface area (Å²) < 4.78 is 16.6. The third-order valence-electron chi connectivity index (χ3n) is 8.02. The van der Waals surface area contributed by atoms with E-state index in [1.165, 1.54) is 26.3 Å². The Hall–Kier alpha value is -5.56. The number of rotatable bonds is 12. The van der Waals surface area contributed by atoms with Crippen LogP contribution in [0.4, 0.5) is 0 Å². The minimum absolute atomic E-state index is 0.0700. The predicted molar refractivity (Wildman–Crippen MR) is 181 cm³/mol. The van der Waals surface area contributed by atoms with Crippen molar-refractivity contribution in [3.8, 4) is 33.8 Å². The van der Waals surface area contributed by atoms with E-state index in [1.807, 2.05) is 43.3 Å². The summed E-state index contributed by atoms with van der Waals surface area (Å²) in [7, 11) is 1.40. The first-order chi connectivity index (χ1) is 22.7. The molecule has 0 saturated carbocycles. The molecule has 0 spiro atoms. The van der Waals surface area contributed by atoms with Gasteiger partial charge in [-0.3, -0.25) is 14.4 Å². The molecule has 2 atom stereocenters. The van der Waals surface area contributed by atoms with Gasteiger partial charge < -0.3 is 14.2 Å². The maximum absolute atomic E-state index is 13.4. The summed E-state index contributed by atoms with van der Waals surface area (Å²) in [4.78, 5) is 42.5. The zero-order valence-corrected chi connectivity index (χ0v) is 26.9. The first-order valence-corrected chi connectivity index (χ1v) is 15.5. The molecule has 0 fully saturated rings. The Kier molecular flexibility index (Phi) is 10.6. The first kappa shape index (κ1) is 32.8. The number of esters is 2. The number of ether oxygens (including phenoxy) is 3. The molecular formula is C40H37NO6. The molecule has 5 rings (SSSR count). The zero-order valence-electron chi connectivity index (χ0n) is 26.9. The van der Waals surface area contributed by atoms with Crippen LogP contribution in [0.2, 0.25) is 0 Å². The quantitative estimate of drug-likeness (QED) is 0.101. The lowest BCUT2D eigenvalue weighted by Gasteiger charge is -2.27. The summed E-state index contributed by atoms with van der Waals surface area (Å²) in [5.41, 5.74) is 6.31. The molecule has 7 nitrogen and oxygen atoms in total. The van der Waals surface area contributed by atoms with Crippen molar-refractivity contribution in [1.82, 2.24) is 4.98 Å². The monoisotopic (exact) mass is 627 g/mol. The van der Waals surface area contributed by atoms with E-state index in [0.717, 1.165) is 33.4 Å². The summed E-state index contributed by atoms with van der Waals surface area (Å²) in [6.45, 7) is 4.73. The van der Waals surface area contributed by atoms with Gasteiger partial charge in [0.1, 0.15) is 6.10 Å². The number of Topliss-reactive ketones (excluding diaryl/α,β-unsaturated/α-hetero) is 1. The van der Waals surface area contributed by atoms with Crippen LogP contribution >= 0.6 is 0 Å².